The summed E-state index contributed by atoms with van der Waals surface area (Å²) < 4.78 is 53.8. The number of rotatable bonds is 5. The summed E-state index contributed by atoms with van der Waals surface area (Å²) >= 11 is 0. The molecular weight excluding hydrogens is 304 g/mol. The monoisotopic (exact) mass is 334 g/mol. The second kappa shape index (κ2) is 6.03. The number of aliphatic hydroxyl groups is 1. The molecule has 0 saturated carbocycles. The highest BCUT2D eigenvalue weighted by atomic mass is 16.5. The van der Waals surface area contributed by atoms with Crippen LogP contribution in [0.5, 0.6) is 0 Å². The maximum Gasteiger partial charge on any atom is 0.152 e. The molecule has 128 valence electrons. The van der Waals surface area contributed by atoms with Crippen LogP contribution in [0.25, 0.3) is 21.9 Å². The van der Waals surface area contributed by atoms with Gasteiger partial charge in [0.15, 0.2) is 5.82 Å². The van der Waals surface area contributed by atoms with Gasteiger partial charge in [-0.05, 0) is 33.7 Å². The van der Waals surface area contributed by atoms with Crippen LogP contribution < -0.4 is 5.73 Å². The maximum atomic E-state index is 10.5. The van der Waals surface area contributed by atoms with Gasteiger partial charge >= 0.3 is 0 Å². The zero-order chi connectivity index (χ0) is 22.7. The number of aromatic nitrogens is 3. The van der Waals surface area contributed by atoms with Crippen molar-refractivity contribution in [1.82, 2.24) is 14.5 Å². The van der Waals surface area contributed by atoms with Crippen LogP contribution >= 0.6 is 0 Å². The summed E-state index contributed by atoms with van der Waals surface area (Å²) in [5, 5.41) is 11.1. The Balaban J connectivity index is 2.32. The van der Waals surface area contributed by atoms with Gasteiger partial charge in [0.2, 0.25) is 0 Å². The second-order valence-electron chi connectivity index (χ2n) is 6.31. The Labute approximate surface area is 149 Å². The van der Waals surface area contributed by atoms with E-state index in [1.165, 1.54) is 4.57 Å². The van der Waals surface area contributed by atoms with Crippen LogP contribution in [0, 0.1) is 0 Å². The molecular formula is C18H24N4O2. The van der Waals surface area contributed by atoms with Gasteiger partial charge in [-0.15, -0.1) is 0 Å². The van der Waals surface area contributed by atoms with Crippen molar-refractivity contribution in [3.8, 4) is 0 Å². The SMILES string of the molecule is [2H]C([2H])(OC([2H])(C)C([2H])([2H])[2H])c1nc2c(N)nc3ccccc3c2n1CC(C)(C)O. The number of anilines is 1. The van der Waals surface area contributed by atoms with Gasteiger partial charge in [-0.1, -0.05) is 18.2 Å². The molecule has 3 aromatic rings. The molecule has 0 fully saturated rings. The smallest absolute Gasteiger partial charge is 0.152 e. The Morgan fingerprint density at radius 3 is 2.92 bits per heavy atom. The molecule has 0 spiro atoms. The lowest BCUT2D eigenvalue weighted by atomic mass is 10.1. The van der Waals surface area contributed by atoms with Crippen LogP contribution in [0.1, 0.15) is 41.7 Å². The van der Waals surface area contributed by atoms with Crippen molar-refractivity contribution in [2.75, 3.05) is 5.73 Å². The minimum Gasteiger partial charge on any atom is -0.389 e. The predicted octanol–water partition coefficient (Wildman–Crippen LogP) is 2.86. The number of nitrogens with two attached hydrogens (primary N) is 1. The van der Waals surface area contributed by atoms with Gasteiger partial charge in [0.05, 0.1) is 33.4 Å². The highest BCUT2D eigenvalue weighted by molar-refractivity contribution is 6.06. The van der Waals surface area contributed by atoms with Crippen molar-refractivity contribution in [2.45, 2.75) is 52.4 Å². The van der Waals surface area contributed by atoms with Crippen LogP contribution in [-0.4, -0.2) is 31.3 Å². The fourth-order valence-corrected chi connectivity index (χ4v) is 2.60. The summed E-state index contributed by atoms with van der Waals surface area (Å²) in [7, 11) is 0. The first-order valence-corrected chi connectivity index (χ1v) is 7.51. The van der Waals surface area contributed by atoms with E-state index < -0.39 is 25.1 Å². The first kappa shape index (κ1) is 10.6. The molecule has 0 bridgehead atoms. The zero-order valence-electron chi connectivity index (χ0n) is 19.8. The number of benzene rings is 1. The highest BCUT2D eigenvalue weighted by Crippen LogP contribution is 2.30. The summed E-state index contributed by atoms with van der Waals surface area (Å²) in [5.74, 6) is -0.257. The van der Waals surface area contributed by atoms with Crippen molar-refractivity contribution in [2.24, 2.45) is 0 Å². The molecule has 0 saturated heterocycles. The number of hydrogen-bond acceptors (Lipinski definition) is 5. The van der Waals surface area contributed by atoms with Gasteiger partial charge in [-0.3, -0.25) is 0 Å². The molecule has 0 aliphatic heterocycles. The third-order valence-corrected chi connectivity index (χ3v) is 3.45. The van der Waals surface area contributed by atoms with E-state index in [4.69, 9.17) is 18.7 Å². The summed E-state index contributed by atoms with van der Waals surface area (Å²) in [5.41, 5.74) is 5.98. The summed E-state index contributed by atoms with van der Waals surface area (Å²) in [6.45, 7) is -1.71. The number of para-hydroxylation sites is 1. The van der Waals surface area contributed by atoms with E-state index in [2.05, 4.69) is 9.97 Å². The molecule has 0 aliphatic rings. The number of nitrogen functional groups attached to an aromatic ring is 1. The lowest BCUT2D eigenvalue weighted by molar-refractivity contribution is 0.0460. The first-order valence-electron chi connectivity index (χ1n) is 10.5. The average molecular weight is 334 g/mol. The van der Waals surface area contributed by atoms with E-state index >= 15 is 0 Å². The number of ether oxygens (including phenoxy) is 1. The molecule has 0 aliphatic carbocycles. The number of fused-ring (bicyclic) bond motifs is 3. The fourth-order valence-electron chi connectivity index (χ4n) is 2.60. The summed E-state index contributed by atoms with van der Waals surface area (Å²) in [6.07, 6.45) is -2.54. The molecule has 0 radical (unpaired) electrons. The lowest BCUT2D eigenvalue weighted by Gasteiger charge is -2.21. The topological polar surface area (TPSA) is 86.2 Å². The Morgan fingerprint density at radius 2 is 2.21 bits per heavy atom. The third kappa shape index (κ3) is 3.20. The molecule has 6 nitrogen and oxygen atoms in total. The number of pyridine rings is 1. The fraction of sp³-hybridized carbons (Fsp3) is 0.444. The molecule has 6 heteroatoms. The molecule has 3 N–H and O–H groups in total. The van der Waals surface area contributed by atoms with Crippen molar-refractivity contribution < 1.29 is 18.1 Å². The standard InChI is InChI=1S/C18H24N4O2/c1-11(2)24-9-14-21-15-16(22(14)10-18(3,4)23)12-7-5-6-8-13(12)20-17(15)19/h5-8,11,23H,9-10H2,1-4H3,(H2,19,20)/i1D3,9D2,11D. The zero-order valence-corrected chi connectivity index (χ0v) is 13.8. The van der Waals surface area contributed by atoms with Gasteiger partial charge in [-0.25, -0.2) is 9.97 Å². The second-order valence-corrected chi connectivity index (χ2v) is 6.31. The molecule has 24 heavy (non-hydrogen) atoms. The Kier molecular flexibility index (Phi) is 2.67. The van der Waals surface area contributed by atoms with Crippen molar-refractivity contribution >= 4 is 27.8 Å². The van der Waals surface area contributed by atoms with Gasteiger partial charge in [0.1, 0.15) is 17.9 Å². The summed E-state index contributed by atoms with van der Waals surface area (Å²) in [6, 6.07) is 7.07. The largest absolute Gasteiger partial charge is 0.389 e. The predicted molar refractivity (Wildman–Crippen MR) is 95.7 cm³/mol. The quantitative estimate of drug-likeness (QED) is 0.749. The van der Waals surface area contributed by atoms with Gasteiger partial charge < -0.3 is 20.1 Å². The van der Waals surface area contributed by atoms with Crippen molar-refractivity contribution in [1.29, 1.82) is 0 Å². The van der Waals surface area contributed by atoms with E-state index in [-0.39, 0.29) is 23.7 Å². The molecule has 2 aromatic heterocycles. The van der Waals surface area contributed by atoms with Crippen LogP contribution in [0.2, 0.25) is 0 Å². The van der Waals surface area contributed by atoms with Crippen LogP contribution in [0.4, 0.5) is 5.82 Å². The Bertz CT molecular complexity index is 1100. The molecule has 0 amide bonds. The molecule has 1 atom stereocenters. The van der Waals surface area contributed by atoms with Crippen LogP contribution in [0.15, 0.2) is 24.3 Å². The Morgan fingerprint density at radius 1 is 1.46 bits per heavy atom. The number of nitrogens with zero attached hydrogens (tertiary/aromatic N) is 3. The first-order chi connectivity index (χ1) is 13.5. The van der Waals surface area contributed by atoms with Gasteiger partial charge in [-0.2, -0.15) is 0 Å². The minimum absolute atomic E-state index is 0.0553. The minimum atomic E-state index is -2.90. The van der Waals surface area contributed by atoms with Crippen LogP contribution in [0.3, 0.4) is 0 Å². The van der Waals surface area contributed by atoms with Crippen molar-refractivity contribution in [3.05, 3.63) is 30.1 Å². The van der Waals surface area contributed by atoms with Crippen LogP contribution in [-0.2, 0) is 17.8 Å². The van der Waals surface area contributed by atoms with Gasteiger partial charge in [0.25, 0.3) is 0 Å². The average Bonchev–Trinajstić information content (AvgIpc) is 2.92. The maximum absolute atomic E-state index is 10.5. The van der Waals surface area contributed by atoms with E-state index in [0.29, 0.717) is 16.4 Å². The van der Waals surface area contributed by atoms with E-state index in [9.17, 15) is 5.11 Å². The number of imidazole rings is 1. The van der Waals surface area contributed by atoms with E-state index in [0.717, 1.165) is 6.92 Å². The third-order valence-electron chi connectivity index (χ3n) is 3.45. The van der Waals surface area contributed by atoms with E-state index in [1.54, 1.807) is 38.1 Å². The Hall–Kier alpha value is -2.18. The molecule has 3 rings (SSSR count). The molecule has 2 heterocycles. The highest BCUT2D eigenvalue weighted by Gasteiger charge is 2.22. The molecule has 1 aromatic carbocycles. The number of hydrogen-bond donors (Lipinski definition) is 2. The van der Waals surface area contributed by atoms with Gasteiger partial charge in [0, 0.05) is 9.50 Å². The molecule has 1 unspecified atom stereocenters. The van der Waals surface area contributed by atoms with Crippen molar-refractivity contribution in [3.63, 3.8) is 0 Å². The summed E-state index contributed by atoms with van der Waals surface area (Å²) in [4.78, 5) is 8.58. The van der Waals surface area contributed by atoms with E-state index in [1.807, 2.05) is 0 Å². The normalized spacial score (nSPS) is 19.8. The lowest BCUT2D eigenvalue weighted by Crippen LogP contribution is -2.27.